The second-order valence-electron chi connectivity index (χ2n) is 6.88. The summed E-state index contributed by atoms with van der Waals surface area (Å²) in [6, 6.07) is 23.1. The van der Waals surface area contributed by atoms with Crippen molar-refractivity contribution in [2.24, 2.45) is 0 Å². The van der Waals surface area contributed by atoms with Crippen molar-refractivity contribution >= 4 is 11.0 Å². The van der Waals surface area contributed by atoms with Gasteiger partial charge in [0.05, 0.1) is 23.2 Å². The minimum absolute atomic E-state index is 0.716. The van der Waals surface area contributed by atoms with Gasteiger partial charge in [-0.05, 0) is 48.7 Å². The number of para-hydroxylation sites is 2. The summed E-state index contributed by atoms with van der Waals surface area (Å²) >= 11 is 0. The number of hydrogen-bond donors (Lipinski definition) is 1. The molecule has 1 N–H and O–H groups in total. The van der Waals surface area contributed by atoms with E-state index in [0.717, 1.165) is 46.6 Å². The number of ether oxygens (including phenoxy) is 1. The Balaban J connectivity index is 1.79. The molecule has 0 radical (unpaired) electrons. The zero-order valence-corrected chi connectivity index (χ0v) is 15.8. The first kappa shape index (κ1) is 17.3. The van der Waals surface area contributed by atoms with Crippen LogP contribution >= 0.6 is 0 Å². The van der Waals surface area contributed by atoms with Gasteiger partial charge in [0.2, 0.25) is 0 Å². The summed E-state index contributed by atoms with van der Waals surface area (Å²) in [6.07, 6.45) is 2.15. The number of hydrogen-bond acceptors (Lipinski definition) is 2. The lowest BCUT2D eigenvalue weighted by molar-refractivity contribution is 0.310. The lowest BCUT2D eigenvalue weighted by atomic mass is 10.0. The zero-order valence-electron chi connectivity index (χ0n) is 15.8. The van der Waals surface area contributed by atoms with Gasteiger partial charge in [-0.1, -0.05) is 61.4 Å². The van der Waals surface area contributed by atoms with Gasteiger partial charge in [0, 0.05) is 0 Å². The molecule has 0 atom stereocenters. The Kier molecular flexibility index (Phi) is 4.93. The summed E-state index contributed by atoms with van der Waals surface area (Å²) in [4.78, 5) is 8.22. The standard InChI is InChI=1S/C24H24N2O/c1-3-4-15-27-23-14-13-19(18-11-9-17(2)10-12-18)16-20(23)24-25-21-7-5-6-8-22(21)26-24/h5-14,16H,3-4,15H2,1-2H3,(H,25,26). The number of aromatic nitrogens is 2. The molecule has 0 unspecified atom stereocenters. The number of benzene rings is 3. The third-order valence-corrected chi connectivity index (χ3v) is 4.76. The highest BCUT2D eigenvalue weighted by atomic mass is 16.5. The third kappa shape index (κ3) is 3.72. The molecule has 0 aliphatic carbocycles. The molecule has 3 aromatic carbocycles. The van der Waals surface area contributed by atoms with Crippen molar-refractivity contribution in [3.05, 3.63) is 72.3 Å². The molecule has 4 aromatic rings. The molecule has 0 saturated carbocycles. The lowest BCUT2D eigenvalue weighted by Gasteiger charge is -2.12. The number of H-pyrrole nitrogens is 1. The molecule has 1 aromatic heterocycles. The van der Waals surface area contributed by atoms with Gasteiger partial charge in [-0.25, -0.2) is 4.98 Å². The Labute approximate surface area is 160 Å². The van der Waals surface area contributed by atoms with Crippen LogP contribution in [0.15, 0.2) is 66.7 Å². The van der Waals surface area contributed by atoms with Crippen LogP contribution in [0.4, 0.5) is 0 Å². The normalized spacial score (nSPS) is 11.0. The SMILES string of the molecule is CCCCOc1ccc(-c2ccc(C)cc2)cc1-c1nc2ccccc2[nH]1. The molecular formula is C24H24N2O. The van der Waals surface area contributed by atoms with Crippen LogP contribution in [-0.4, -0.2) is 16.6 Å². The molecule has 0 fully saturated rings. The van der Waals surface area contributed by atoms with E-state index in [9.17, 15) is 0 Å². The van der Waals surface area contributed by atoms with Gasteiger partial charge >= 0.3 is 0 Å². The molecule has 0 saturated heterocycles. The number of fused-ring (bicyclic) bond motifs is 1. The molecule has 1 heterocycles. The number of unbranched alkanes of at least 4 members (excludes halogenated alkanes) is 1. The highest BCUT2D eigenvalue weighted by Gasteiger charge is 2.13. The van der Waals surface area contributed by atoms with Gasteiger partial charge in [0.1, 0.15) is 11.6 Å². The summed E-state index contributed by atoms with van der Waals surface area (Å²) in [7, 11) is 0. The van der Waals surface area contributed by atoms with E-state index in [4.69, 9.17) is 9.72 Å². The molecule has 0 spiro atoms. The second-order valence-corrected chi connectivity index (χ2v) is 6.88. The van der Waals surface area contributed by atoms with Gasteiger partial charge < -0.3 is 9.72 Å². The third-order valence-electron chi connectivity index (χ3n) is 4.76. The fourth-order valence-corrected chi connectivity index (χ4v) is 3.17. The van der Waals surface area contributed by atoms with Crippen LogP contribution < -0.4 is 4.74 Å². The molecule has 4 rings (SSSR count). The van der Waals surface area contributed by atoms with Crippen LogP contribution in [0.25, 0.3) is 33.5 Å². The van der Waals surface area contributed by atoms with E-state index in [1.807, 2.05) is 24.3 Å². The summed E-state index contributed by atoms with van der Waals surface area (Å²) < 4.78 is 6.08. The molecule has 0 bridgehead atoms. The van der Waals surface area contributed by atoms with Crippen LogP contribution in [0.3, 0.4) is 0 Å². The quantitative estimate of drug-likeness (QED) is 0.407. The number of rotatable bonds is 6. The zero-order chi connectivity index (χ0) is 18.6. The van der Waals surface area contributed by atoms with Crippen molar-refractivity contribution in [2.45, 2.75) is 26.7 Å². The van der Waals surface area contributed by atoms with Crippen LogP contribution in [0, 0.1) is 6.92 Å². The maximum Gasteiger partial charge on any atom is 0.142 e. The van der Waals surface area contributed by atoms with Gasteiger partial charge in [0.25, 0.3) is 0 Å². The maximum atomic E-state index is 6.08. The van der Waals surface area contributed by atoms with Gasteiger partial charge in [-0.2, -0.15) is 0 Å². The van der Waals surface area contributed by atoms with Crippen LogP contribution in [-0.2, 0) is 0 Å². The van der Waals surface area contributed by atoms with E-state index in [1.54, 1.807) is 0 Å². The number of imidazole rings is 1. The predicted molar refractivity (Wildman–Crippen MR) is 112 cm³/mol. The van der Waals surface area contributed by atoms with Gasteiger partial charge in [0.15, 0.2) is 0 Å². The number of nitrogens with one attached hydrogen (secondary N) is 1. The largest absolute Gasteiger partial charge is 0.493 e. The van der Waals surface area contributed by atoms with Gasteiger partial charge in [-0.3, -0.25) is 0 Å². The smallest absolute Gasteiger partial charge is 0.142 e. The first-order valence-corrected chi connectivity index (χ1v) is 9.53. The molecule has 0 aliphatic rings. The van der Waals surface area contributed by atoms with Crippen molar-refractivity contribution in [1.82, 2.24) is 9.97 Å². The van der Waals surface area contributed by atoms with Crippen molar-refractivity contribution < 1.29 is 4.74 Å². The average Bonchev–Trinajstić information content (AvgIpc) is 3.13. The van der Waals surface area contributed by atoms with Gasteiger partial charge in [-0.15, -0.1) is 0 Å². The summed E-state index contributed by atoms with van der Waals surface area (Å²) in [6.45, 7) is 4.99. The summed E-state index contributed by atoms with van der Waals surface area (Å²) in [5, 5.41) is 0. The Bertz CT molecular complexity index is 1010. The summed E-state index contributed by atoms with van der Waals surface area (Å²) in [5.41, 5.74) is 6.61. The average molecular weight is 356 g/mol. The van der Waals surface area contributed by atoms with Crippen molar-refractivity contribution in [2.75, 3.05) is 6.61 Å². The first-order valence-electron chi connectivity index (χ1n) is 9.53. The molecule has 27 heavy (non-hydrogen) atoms. The van der Waals surface area contributed by atoms with Crippen molar-refractivity contribution in [3.8, 4) is 28.3 Å². The van der Waals surface area contributed by atoms with E-state index >= 15 is 0 Å². The number of nitrogens with zero attached hydrogens (tertiary/aromatic N) is 1. The molecule has 0 amide bonds. The topological polar surface area (TPSA) is 37.9 Å². The van der Waals surface area contributed by atoms with Crippen LogP contribution in [0.1, 0.15) is 25.3 Å². The minimum Gasteiger partial charge on any atom is -0.493 e. The monoisotopic (exact) mass is 356 g/mol. The Hall–Kier alpha value is -3.07. The van der Waals surface area contributed by atoms with Crippen molar-refractivity contribution in [1.29, 1.82) is 0 Å². The second kappa shape index (κ2) is 7.67. The van der Waals surface area contributed by atoms with E-state index in [0.29, 0.717) is 6.61 Å². The van der Waals surface area contributed by atoms with E-state index in [-0.39, 0.29) is 0 Å². The predicted octanol–water partition coefficient (Wildman–Crippen LogP) is 6.38. The summed E-state index contributed by atoms with van der Waals surface area (Å²) in [5.74, 6) is 1.72. The minimum atomic E-state index is 0.716. The van der Waals surface area contributed by atoms with Crippen molar-refractivity contribution in [3.63, 3.8) is 0 Å². The molecule has 3 nitrogen and oxygen atoms in total. The van der Waals surface area contributed by atoms with E-state index in [1.165, 1.54) is 11.1 Å². The lowest BCUT2D eigenvalue weighted by Crippen LogP contribution is -1.99. The Morgan fingerprint density at radius 2 is 1.70 bits per heavy atom. The van der Waals surface area contributed by atoms with E-state index in [2.05, 4.69) is 61.3 Å². The Morgan fingerprint density at radius 3 is 2.48 bits per heavy atom. The fraction of sp³-hybridized carbons (Fsp3) is 0.208. The highest BCUT2D eigenvalue weighted by molar-refractivity contribution is 5.82. The highest BCUT2D eigenvalue weighted by Crippen LogP contribution is 2.34. The first-order chi connectivity index (χ1) is 13.2. The molecule has 0 aliphatic heterocycles. The fourth-order valence-electron chi connectivity index (χ4n) is 3.17. The van der Waals surface area contributed by atoms with E-state index < -0.39 is 0 Å². The number of aromatic amines is 1. The van der Waals surface area contributed by atoms with Crippen LogP contribution in [0.2, 0.25) is 0 Å². The molecular weight excluding hydrogens is 332 g/mol. The maximum absolute atomic E-state index is 6.08. The van der Waals surface area contributed by atoms with Crippen LogP contribution in [0.5, 0.6) is 5.75 Å². The Morgan fingerprint density at radius 1 is 0.926 bits per heavy atom. The molecule has 3 heteroatoms. The molecule has 136 valence electrons. The number of aryl methyl sites for hydroxylation is 1.